The molecule has 2 aromatic carbocycles. The Labute approximate surface area is 170 Å². The minimum atomic E-state index is -3.52. The SMILES string of the molecule is COc1cc(Cl)ccc1C(=O)Nc1ccc(S(=O)(=O)N2CCCC(C)C2)cc1. The standard InChI is InChI=1S/C20H23ClN2O4S/c1-14-4-3-11-23(13-14)28(25,26)17-8-6-16(7-9-17)22-20(24)18-10-5-15(21)12-19(18)27-2/h5-10,12,14H,3-4,11,13H2,1-2H3,(H,22,24). The smallest absolute Gasteiger partial charge is 0.259 e. The maximum Gasteiger partial charge on any atom is 0.259 e. The third kappa shape index (κ3) is 4.48. The number of hydrogen-bond acceptors (Lipinski definition) is 4. The Bertz CT molecular complexity index is 961. The highest BCUT2D eigenvalue weighted by molar-refractivity contribution is 7.89. The van der Waals surface area contributed by atoms with Crippen LogP contribution in [0.1, 0.15) is 30.1 Å². The van der Waals surface area contributed by atoms with Crippen molar-refractivity contribution >= 4 is 33.2 Å². The summed E-state index contributed by atoms with van der Waals surface area (Å²) in [5.41, 5.74) is 0.832. The summed E-state index contributed by atoms with van der Waals surface area (Å²) >= 11 is 5.92. The van der Waals surface area contributed by atoms with Gasteiger partial charge in [-0.15, -0.1) is 0 Å². The number of amides is 1. The Kier molecular flexibility index (Phi) is 6.27. The molecule has 0 aromatic heterocycles. The van der Waals surface area contributed by atoms with Crippen molar-refractivity contribution in [3.05, 3.63) is 53.1 Å². The largest absolute Gasteiger partial charge is 0.496 e. The quantitative estimate of drug-likeness (QED) is 0.789. The lowest BCUT2D eigenvalue weighted by atomic mass is 10.0. The number of sulfonamides is 1. The summed E-state index contributed by atoms with van der Waals surface area (Å²) in [4.78, 5) is 12.7. The number of hydrogen-bond donors (Lipinski definition) is 1. The first kappa shape index (κ1) is 20.6. The number of ether oxygens (including phenoxy) is 1. The van der Waals surface area contributed by atoms with E-state index in [1.807, 2.05) is 0 Å². The normalized spacial score (nSPS) is 17.9. The van der Waals surface area contributed by atoms with Crippen LogP contribution in [0.3, 0.4) is 0 Å². The topological polar surface area (TPSA) is 75.7 Å². The van der Waals surface area contributed by atoms with Gasteiger partial charge in [0.05, 0.1) is 17.6 Å². The molecule has 3 rings (SSSR count). The highest BCUT2D eigenvalue weighted by atomic mass is 35.5. The minimum Gasteiger partial charge on any atom is -0.496 e. The van der Waals surface area contributed by atoms with E-state index in [1.54, 1.807) is 30.3 Å². The lowest BCUT2D eigenvalue weighted by molar-refractivity contribution is 0.102. The van der Waals surface area contributed by atoms with Gasteiger partial charge in [0.2, 0.25) is 10.0 Å². The summed E-state index contributed by atoms with van der Waals surface area (Å²) in [7, 11) is -2.06. The molecule has 1 heterocycles. The van der Waals surface area contributed by atoms with Gasteiger partial charge in [-0.25, -0.2) is 8.42 Å². The van der Waals surface area contributed by atoms with Crippen LogP contribution >= 0.6 is 11.6 Å². The Morgan fingerprint density at radius 2 is 1.93 bits per heavy atom. The number of anilines is 1. The van der Waals surface area contributed by atoms with Gasteiger partial charge in [-0.2, -0.15) is 4.31 Å². The number of methoxy groups -OCH3 is 1. The van der Waals surface area contributed by atoms with Crippen LogP contribution in [0, 0.1) is 5.92 Å². The fraction of sp³-hybridized carbons (Fsp3) is 0.350. The van der Waals surface area contributed by atoms with Crippen LogP contribution < -0.4 is 10.1 Å². The zero-order chi connectivity index (χ0) is 20.3. The first-order valence-electron chi connectivity index (χ1n) is 9.06. The van der Waals surface area contributed by atoms with Crippen molar-refractivity contribution < 1.29 is 17.9 Å². The molecule has 1 saturated heterocycles. The molecular formula is C20H23ClN2O4S. The molecule has 1 fully saturated rings. The predicted molar refractivity (Wildman–Crippen MR) is 110 cm³/mol. The van der Waals surface area contributed by atoms with Crippen LogP contribution in [0.25, 0.3) is 0 Å². The van der Waals surface area contributed by atoms with E-state index in [2.05, 4.69) is 12.2 Å². The molecule has 8 heteroatoms. The van der Waals surface area contributed by atoms with Gasteiger partial charge < -0.3 is 10.1 Å². The van der Waals surface area contributed by atoms with E-state index in [9.17, 15) is 13.2 Å². The second kappa shape index (κ2) is 8.51. The van der Waals surface area contributed by atoms with E-state index in [0.29, 0.717) is 41.0 Å². The number of nitrogens with one attached hydrogen (secondary N) is 1. The Morgan fingerprint density at radius 3 is 2.57 bits per heavy atom. The molecule has 1 amide bonds. The maximum atomic E-state index is 12.8. The van der Waals surface area contributed by atoms with E-state index < -0.39 is 10.0 Å². The van der Waals surface area contributed by atoms with Crippen molar-refractivity contribution in [2.75, 3.05) is 25.5 Å². The summed E-state index contributed by atoms with van der Waals surface area (Å²) < 4.78 is 32.4. The molecule has 1 unspecified atom stereocenters. The van der Waals surface area contributed by atoms with Crippen LogP contribution in [-0.4, -0.2) is 38.8 Å². The molecule has 0 bridgehead atoms. The average Bonchev–Trinajstić information content (AvgIpc) is 2.68. The van der Waals surface area contributed by atoms with Gasteiger partial charge in [-0.05, 0) is 61.2 Å². The lowest BCUT2D eigenvalue weighted by Crippen LogP contribution is -2.39. The van der Waals surface area contributed by atoms with Crippen molar-refractivity contribution in [3.63, 3.8) is 0 Å². The van der Waals surface area contributed by atoms with Crippen LogP contribution in [0.5, 0.6) is 5.75 Å². The molecule has 1 aliphatic rings. The zero-order valence-electron chi connectivity index (χ0n) is 15.8. The van der Waals surface area contributed by atoms with Crippen LogP contribution in [-0.2, 0) is 10.0 Å². The second-order valence-electron chi connectivity index (χ2n) is 6.93. The molecule has 6 nitrogen and oxygen atoms in total. The number of carbonyl (C=O) groups is 1. The number of carbonyl (C=O) groups excluding carboxylic acids is 1. The van der Waals surface area contributed by atoms with E-state index >= 15 is 0 Å². The lowest BCUT2D eigenvalue weighted by Gasteiger charge is -2.30. The van der Waals surface area contributed by atoms with Crippen molar-refractivity contribution in [2.24, 2.45) is 5.92 Å². The molecule has 28 heavy (non-hydrogen) atoms. The van der Waals surface area contributed by atoms with Crippen molar-refractivity contribution in [1.82, 2.24) is 4.31 Å². The number of nitrogens with zero attached hydrogens (tertiary/aromatic N) is 1. The third-order valence-electron chi connectivity index (χ3n) is 4.78. The van der Waals surface area contributed by atoms with E-state index in [1.165, 1.54) is 23.5 Å². The molecule has 1 aliphatic heterocycles. The van der Waals surface area contributed by atoms with Gasteiger partial charge in [-0.1, -0.05) is 18.5 Å². The monoisotopic (exact) mass is 422 g/mol. The van der Waals surface area contributed by atoms with E-state index in [0.717, 1.165) is 12.8 Å². The fourth-order valence-electron chi connectivity index (χ4n) is 3.27. The molecule has 1 atom stereocenters. The van der Waals surface area contributed by atoms with Crippen LogP contribution in [0.2, 0.25) is 5.02 Å². The van der Waals surface area contributed by atoms with E-state index in [4.69, 9.17) is 16.3 Å². The zero-order valence-corrected chi connectivity index (χ0v) is 17.4. The summed E-state index contributed by atoms with van der Waals surface area (Å²) in [6, 6.07) is 10.9. The van der Waals surface area contributed by atoms with Crippen molar-refractivity contribution in [3.8, 4) is 5.75 Å². The summed E-state index contributed by atoms with van der Waals surface area (Å²) in [5, 5.41) is 3.21. The molecule has 0 saturated carbocycles. The Balaban J connectivity index is 1.75. The summed E-state index contributed by atoms with van der Waals surface area (Å²) in [6.45, 7) is 3.14. The number of benzene rings is 2. The first-order chi connectivity index (χ1) is 13.3. The van der Waals surface area contributed by atoms with Gasteiger partial charge in [0.25, 0.3) is 5.91 Å². The van der Waals surface area contributed by atoms with E-state index in [-0.39, 0.29) is 10.8 Å². The highest BCUT2D eigenvalue weighted by Crippen LogP contribution is 2.26. The van der Waals surface area contributed by atoms with Gasteiger partial charge in [0.15, 0.2) is 0 Å². The van der Waals surface area contributed by atoms with Gasteiger partial charge in [0, 0.05) is 23.8 Å². The van der Waals surface area contributed by atoms with Gasteiger partial charge >= 0.3 is 0 Å². The Morgan fingerprint density at radius 1 is 1.21 bits per heavy atom. The van der Waals surface area contributed by atoms with Crippen LogP contribution in [0.4, 0.5) is 5.69 Å². The van der Waals surface area contributed by atoms with Crippen LogP contribution in [0.15, 0.2) is 47.4 Å². The van der Waals surface area contributed by atoms with Gasteiger partial charge in [-0.3, -0.25) is 4.79 Å². The fourth-order valence-corrected chi connectivity index (χ4v) is 5.04. The molecule has 0 radical (unpaired) electrons. The molecule has 0 spiro atoms. The molecule has 0 aliphatic carbocycles. The van der Waals surface area contributed by atoms with Crippen molar-refractivity contribution in [2.45, 2.75) is 24.7 Å². The third-order valence-corrected chi connectivity index (χ3v) is 6.89. The number of rotatable bonds is 5. The molecule has 2 aromatic rings. The number of halogens is 1. The highest BCUT2D eigenvalue weighted by Gasteiger charge is 2.28. The molecular weight excluding hydrogens is 400 g/mol. The second-order valence-corrected chi connectivity index (χ2v) is 9.31. The molecule has 1 N–H and O–H groups in total. The van der Waals surface area contributed by atoms with Crippen molar-refractivity contribution in [1.29, 1.82) is 0 Å². The maximum absolute atomic E-state index is 12.8. The minimum absolute atomic E-state index is 0.226. The number of piperidine rings is 1. The Hall–Kier alpha value is -2.09. The van der Waals surface area contributed by atoms with Gasteiger partial charge in [0.1, 0.15) is 5.75 Å². The predicted octanol–water partition coefficient (Wildman–Crippen LogP) is 4.02. The summed E-state index contributed by atoms with van der Waals surface area (Å²) in [5.74, 6) is 0.355. The average molecular weight is 423 g/mol. The molecule has 150 valence electrons. The summed E-state index contributed by atoms with van der Waals surface area (Å²) in [6.07, 6.45) is 1.92. The first-order valence-corrected chi connectivity index (χ1v) is 10.9.